The third kappa shape index (κ3) is 2.12. The lowest BCUT2D eigenvalue weighted by atomic mass is 10.1. The molecule has 17 heavy (non-hydrogen) atoms. The van der Waals surface area contributed by atoms with Gasteiger partial charge >= 0.3 is 0 Å². The largest absolute Gasteiger partial charge is 0.308 e. The third-order valence-corrected chi connectivity index (χ3v) is 3.18. The lowest BCUT2D eigenvalue weighted by molar-refractivity contribution is 0.0846. The molecule has 1 heterocycles. The van der Waals surface area contributed by atoms with Crippen LogP contribution in [0.5, 0.6) is 0 Å². The van der Waals surface area contributed by atoms with E-state index >= 15 is 0 Å². The molecule has 1 aliphatic heterocycles. The van der Waals surface area contributed by atoms with Gasteiger partial charge in [-0.1, -0.05) is 38.6 Å². The second-order valence-corrected chi connectivity index (χ2v) is 4.35. The van der Waals surface area contributed by atoms with Crippen LogP contribution in [0.25, 0.3) is 5.70 Å². The Labute approximate surface area is 103 Å². The van der Waals surface area contributed by atoms with E-state index < -0.39 is 0 Å². The van der Waals surface area contributed by atoms with E-state index in [1.54, 1.807) is 0 Å². The Bertz CT molecular complexity index is 411. The highest BCUT2D eigenvalue weighted by Gasteiger charge is 2.34. The fraction of sp³-hybridized carbons (Fsp3) is 0.400. The second kappa shape index (κ2) is 4.74. The summed E-state index contributed by atoms with van der Waals surface area (Å²) < 4.78 is 0. The van der Waals surface area contributed by atoms with Crippen molar-refractivity contribution in [3.8, 4) is 0 Å². The van der Waals surface area contributed by atoms with Crippen molar-refractivity contribution >= 4 is 11.6 Å². The van der Waals surface area contributed by atoms with Gasteiger partial charge in [0.05, 0.1) is 0 Å². The fourth-order valence-electron chi connectivity index (χ4n) is 2.09. The van der Waals surface area contributed by atoms with E-state index in [1.807, 2.05) is 43.0 Å². The van der Waals surface area contributed by atoms with Crippen LogP contribution >= 0.6 is 0 Å². The first-order chi connectivity index (χ1) is 8.27. The van der Waals surface area contributed by atoms with Crippen molar-refractivity contribution in [3.05, 3.63) is 42.0 Å². The first-order valence-electron chi connectivity index (χ1n) is 6.37. The van der Waals surface area contributed by atoms with Crippen LogP contribution in [0.15, 0.2) is 30.8 Å². The molecule has 0 unspecified atom stereocenters. The van der Waals surface area contributed by atoms with E-state index in [4.69, 9.17) is 0 Å². The second-order valence-electron chi connectivity index (χ2n) is 4.35. The zero-order valence-electron chi connectivity index (χ0n) is 10.6. The molecule has 1 aromatic carbocycles. The lowest BCUT2D eigenvalue weighted by Crippen LogP contribution is -2.25. The van der Waals surface area contributed by atoms with Gasteiger partial charge in [-0.15, -0.1) is 0 Å². The van der Waals surface area contributed by atoms with Crippen molar-refractivity contribution in [2.75, 3.05) is 6.54 Å². The predicted octanol–water partition coefficient (Wildman–Crippen LogP) is 3.55. The highest BCUT2D eigenvalue weighted by molar-refractivity contribution is 6.08. The van der Waals surface area contributed by atoms with Gasteiger partial charge in [0.1, 0.15) is 0 Å². The quantitative estimate of drug-likeness (QED) is 0.759. The summed E-state index contributed by atoms with van der Waals surface area (Å²) >= 11 is 0. The van der Waals surface area contributed by atoms with Crippen molar-refractivity contribution in [1.29, 1.82) is 0 Å². The molecule has 0 aromatic heterocycles. The Hall–Kier alpha value is -1.57. The summed E-state index contributed by atoms with van der Waals surface area (Å²) in [6, 6.07) is 7.72. The number of hydrogen-bond acceptors (Lipinski definition) is 1. The summed E-state index contributed by atoms with van der Waals surface area (Å²) in [6.45, 7) is 8.87. The third-order valence-electron chi connectivity index (χ3n) is 3.18. The molecule has 0 bridgehead atoms. The molecule has 1 saturated carbocycles. The van der Waals surface area contributed by atoms with Crippen LogP contribution in [0.1, 0.15) is 42.6 Å². The van der Waals surface area contributed by atoms with Crippen molar-refractivity contribution < 1.29 is 4.79 Å². The summed E-state index contributed by atoms with van der Waals surface area (Å²) in [7, 11) is 0. The lowest BCUT2D eigenvalue weighted by Gasteiger charge is -2.16. The normalized spacial score (nSPS) is 17.6. The van der Waals surface area contributed by atoms with Crippen molar-refractivity contribution in [2.24, 2.45) is 5.92 Å². The number of fused-ring (bicyclic) bond motifs is 1. The smallest absolute Gasteiger partial charge is 0.258 e. The van der Waals surface area contributed by atoms with Gasteiger partial charge < -0.3 is 4.90 Å². The summed E-state index contributed by atoms with van der Waals surface area (Å²) in [5.41, 5.74) is 2.69. The molecular formula is C15H19NO. The van der Waals surface area contributed by atoms with Crippen LogP contribution in [0.2, 0.25) is 0 Å². The molecule has 0 saturated heterocycles. The van der Waals surface area contributed by atoms with Gasteiger partial charge in [-0.25, -0.2) is 0 Å². The van der Waals surface area contributed by atoms with Gasteiger partial charge in [-0.2, -0.15) is 0 Å². The molecule has 0 radical (unpaired) electrons. The first kappa shape index (κ1) is 11.9. The maximum absolute atomic E-state index is 12.0. The van der Waals surface area contributed by atoms with Gasteiger partial charge in [0.15, 0.2) is 0 Å². The maximum atomic E-state index is 12.0. The zero-order chi connectivity index (χ0) is 12.4. The topological polar surface area (TPSA) is 20.3 Å². The Morgan fingerprint density at radius 3 is 2.35 bits per heavy atom. The highest BCUT2D eigenvalue weighted by Crippen LogP contribution is 2.37. The van der Waals surface area contributed by atoms with Crippen LogP contribution in [0, 0.1) is 5.92 Å². The van der Waals surface area contributed by atoms with Gasteiger partial charge in [0, 0.05) is 23.4 Å². The Balaban J connectivity index is 0.000000514. The Morgan fingerprint density at radius 1 is 1.24 bits per heavy atom. The fourth-order valence-corrected chi connectivity index (χ4v) is 2.09. The summed E-state index contributed by atoms with van der Waals surface area (Å²) in [5, 5.41) is 0. The molecule has 90 valence electrons. The minimum atomic E-state index is 0.127. The molecular weight excluding hydrogens is 210 g/mol. The number of benzene rings is 1. The van der Waals surface area contributed by atoms with Crippen LogP contribution in [0.4, 0.5) is 0 Å². The summed E-state index contributed by atoms with van der Waals surface area (Å²) in [6.07, 6.45) is 2.51. The zero-order valence-corrected chi connectivity index (χ0v) is 10.6. The van der Waals surface area contributed by atoms with E-state index in [1.165, 1.54) is 12.8 Å². The average Bonchev–Trinajstić information content (AvgIpc) is 3.17. The predicted molar refractivity (Wildman–Crippen MR) is 70.6 cm³/mol. The van der Waals surface area contributed by atoms with Crippen molar-refractivity contribution in [2.45, 2.75) is 26.7 Å². The molecule has 2 aliphatic rings. The first-order valence-corrected chi connectivity index (χ1v) is 6.37. The summed E-state index contributed by atoms with van der Waals surface area (Å²) in [4.78, 5) is 13.9. The number of nitrogens with zero attached hydrogens (tertiary/aromatic N) is 1. The van der Waals surface area contributed by atoms with Crippen LogP contribution < -0.4 is 0 Å². The molecule has 1 aromatic rings. The molecule has 2 heteroatoms. The average molecular weight is 229 g/mol. The van der Waals surface area contributed by atoms with Gasteiger partial charge in [-0.3, -0.25) is 4.79 Å². The minimum Gasteiger partial charge on any atom is -0.308 e. The van der Waals surface area contributed by atoms with Gasteiger partial charge in [0.2, 0.25) is 0 Å². The van der Waals surface area contributed by atoms with Crippen molar-refractivity contribution in [1.82, 2.24) is 4.90 Å². The molecule has 1 amide bonds. The maximum Gasteiger partial charge on any atom is 0.258 e. The Kier molecular flexibility index (Phi) is 3.32. The number of carbonyl (C=O) groups is 1. The van der Waals surface area contributed by atoms with Gasteiger partial charge in [-0.05, 0) is 24.8 Å². The number of amides is 1. The van der Waals surface area contributed by atoms with Crippen LogP contribution in [-0.2, 0) is 0 Å². The van der Waals surface area contributed by atoms with E-state index in [9.17, 15) is 4.79 Å². The minimum absolute atomic E-state index is 0.127. The molecule has 1 aliphatic carbocycles. The molecule has 1 fully saturated rings. The van der Waals surface area contributed by atoms with E-state index in [0.29, 0.717) is 5.92 Å². The molecule has 0 N–H and O–H groups in total. The molecule has 3 rings (SSSR count). The van der Waals surface area contributed by atoms with Gasteiger partial charge in [0.25, 0.3) is 5.91 Å². The highest BCUT2D eigenvalue weighted by atomic mass is 16.2. The monoisotopic (exact) mass is 229 g/mol. The number of hydrogen-bond donors (Lipinski definition) is 0. The molecule has 2 nitrogen and oxygen atoms in total. The van der Waals surface area contributed by atoms with Crippen LogP contribution in [0.3, 0.4) is 0 Å². The number of carbonyl (C=O) groups excluding carboxylic acids is 1. The standard InChI is InChI=1S/C13H13NO.C2H6/c1-9-11-4-2-3-5-12(11)13(15)14(9)8-10-6-7-10;1-2/h2-5,10H,1,6-8H2;1-2H3. The SMILES string of the molecule is C=C1c2ccccc2C(=O)N1CC1CC1.CC. The summed E-state index contributed by atoms with van der Waals surface area (Å²) in [5.74, 6) is 0.836. The van der Waals surface area contributed by atoms with E-state index in [2.05, 4.69) is 6.58 Å². The van der Waals surface area contributed by atoms with Crippen LogP contribution in [-0.4, -0.2) is 17.4 Å². The van der Waals surface area contributed by atoms with E-state index in [0.717, 1.165) is 23.4 Å². The van der Waals surface area contributed by atoms with E-state index in [-0.39, 0.29) is 5.91 Å². The molecule has 0 atom stereocenters. The molecule has 0 spiro atoms. The Morgan fingerprint density at radius 2 is 1.82 bits per heavy atom. The van der Waals surface area contributed by atoms with Crippen molar-refractivity contribution in [3.63, 3.8) is 0 Å². The number of rotatable bonds is 2.